The minimum absolute atomic E-state index is 0. The van der Waals surface area contributed by atoms with E-state index in [-0.39, 0.29) is 21.1 Å². The molecule has 0 saturated heterocycles. The van der Waals surface area contributed by atoms with Crippen molar-refractivity contribution >= 4 is 50.8 Å². The summed E-state index contributed by atoms with van der Waals surface area (Å²) in [5.74, 6) is 1.95. The molecule has 0 amide bonds. The molecule has 0 fully saturated rings. The number of nitrogens with zero attached hydrogens (tertiary/aromatic N) is 5. The standard InChI is InChI=1S/C59H50N5O.Pt/c1-37-29-39(3)56(40(4)30-37)62-36-61(51-27-16-17-28-52(51)62)53-34-46(35-54-55(53)59(7,8)47-23-12-14-25-49(47)63(54)44-20-10-9-11-21-44)65-45-22-18-19-43(33-45)58-60-48-24-13-15-26-50(48)64(58)57-41(5)31-38(2)32-42(57)6;/h9-32,35-36H,1-8H3;/q-3;. The SMILES string of the molecule is Cc1cc(C)c(N2[CH-]N(c3[c-]c(Oc4[c-]c(-c5nc6ccccc6n5-c5c(C)cc(C)cc5C)ccc4)cc4c3C(C)(C)c3ccccc3N4c3ccccc3)c3ccccc32)c(C)c1.[Pt]. The van der Waals surface area contributed by atoms with Crippen molar-refractivity contribution in [3.8, 4) is 28.6 Å². The molecule has 3 heterocycles. The molecule has 8 aromatic carbocycles. The van der Waals surface area contributed by atoms with Gasteiger partial charge in [-0.1, -0.05) is 127 Å². The summed E-state index contributed by atoms with van der Waals surface area (Å²) >= 11 is 0. The zero-order valence-electron chi connectivity index (χ0n) is 38.5. The minimum atomic E-state index is -0.426. The van der Waals surface area contributed by atoms with Gasteiger partial charge in [-0.15, -0.1) is 48.1 Å². The van der Waals surface area contributed by atoms with E-state index in [0.717, 1.165) is 67.8 Å². The molecule has 0 saturated carbocycles. The van der Waals surface area contributed by atoms with Gasteiger partial charge in [0.25, 0.3) is 0 Å². The maximum atomic E-state index is 7.05. The summed E-state index contributed by atoms with van der Waals surface area (Å²) in [5.41, 5.74) is 20.7. The smallest absolute Gasteiger partial charge is 0.0774 e. The molecule has 0 atom stereocenters. The first-order chi connectivity index (χ1) is 31.5. The second kappa shape index (κ2) is 16.5. The number of ether oxygens (including phenoxy) is 1. The molecule has 1 aromatic heterocycles. The molecule has 0 bridgehead atoms. The van der Waals surface area contributed by atoms with E-state index in [1.54, 1.807) is 0 Å². The molecular formula is C59H50N5OPt-3. The number of aromatic nitrogens is 2. The zero-order valence-corrected chi connectivity index (χ0v) is 40.7. The third-order valence-electron chi connectivity index (χ3n) is 13.1. The number of anilines is 7. The molecule has 2 aliphatic heterocycles. The first-order valence-corrected chi connectivity index (χ1v) is 22.4. The summed E-state index contributed by atoms with van der Waals surface area (Å²) in [7, 11) is 0. The minimum Gasteiger partial charge on any atom is -0.503 e. The van der Waals surface area contributed by atoms with Crippen LogP contribution in [0.5, 0.6) is 11.5 Å². The normalized spacial score (nSPS) is 13.6. The van der Waals surface area contributed by atoms with Gasteiger partial charge in [-0.25, -0.2) is 0 Å². The Bertz CT molecular complexity index is 3310. The predicted molar refractivity (Wildman–Crippen MR) is 267 cm³/mol. The Hall–Kier alpha value is -6.88. The number of imidazole rings is 1. The fourth-order valence-corrected chi connectivity index (χ4v) is 10.6. The van der Waals surface area contributed by atoms with Crippen LogP contribution in [0.2, 0.25) is 0 Å². The summed E-state index contributed by atoms with van der Waals surface area (Å²) in [6.45, 7) is 20.0. The van der Waals surface area contributed by atoms with Gasteiger partial charge in [-0.2, -0.15) is 0 Å². The van der Waals surface area contributed by atoms with Gasteiger partial charge in [0.05, 0.1) is 16.9 Å². The monoisotopic (exact) mass is 1040 g/mol. The molecule has 0 unspecified atom stereocenters. The van der Waals surface area contributed by atoms with Crippen LogP contribution in [0.3, 0.4) is 0 Å². The third kappa shape index (κ3) is 7.02. The third-order valence-corrected chi connectivity index (χ3v) is 13.1. The van der Waals surface area contributed by atoms with Crippen molar-refractivity contribution in [3.63, 3.8) is 0 Å². The van der Waals surface area contributed by atoms with Crippen molar-refractivity contribution in [3.05, 3.63) is 215 Å². The molecule has 330 valence electrons. The largest absolute Gasteiger partial charge is 0.503 e. The molecule has 0 spiro atoms. The van der Waals surface area contributed by atoms with E-state index in [1.165, 1.54) is 44.6 Å². The summed E-state index contributed by atoms with van der Waals surface area (Å²) < 4.78 is 9.33. The average molecular weight is 1040 g/mol. The van der Waals surface area contributed by atoms with Crippen LogP contribution < -0.4 is 19.4 Å². The van der Waals surface area contributed by atoms with Crippen molar-refractivity contribution in [2.24, 2.45) is 0 Å². The molecule has 0 N–H and O–H groups in total. The van der Waals surface area contributed by atoms with E-state index in [4.69, 9.17) is 9.72 Å². The van der Waals surface area contributed by atoms with Gasteiger partial charge in [0.2, 0.25) is 0 Å². The summed E-state index contributed by atoms with van der Waals surface area (Å²) in [6, 6.07) is 61.2. The van der Waals surface area contributed by atoms with E-state index < -0.39 is 5.41 Å². The molecular weight excluding hydrogens is 990 g/mol. The number of hydrogen-bond acceptors (Lipinski definition) is 5. The summed E-state index contributed by atoms with van der Waals surface area (Å²) in [4.78, 5) is 12.3. The number of fused-ring (bicyclic) bond motifs is 4. The maximum Gasteiger partial charge on any atom is 0.0774 e. The average Bonchev–Trinajstić information content (AvgIpc) is 3.85. The van der Waals surface area contributed by atoms with Crippen molar-refractivity contribution in [2.45, 2.75) is 60.8 Å². The summed E-state index contributed by atoms with van der Waals surface area (Å²) in [5, 5.41) is 0. The van der Waals surface area contributed by atoms with Gasteiger partial charge < -0.3 is 24.0 Å². The van der Waals surface area contributed by atoms with Crippen LogP contribution in [0.15, 0.2) is 152 Å². The number of benzene rings is 8. The van der Waals surface area contributed by atoms with Crippen LogP contribution in [0.25, 0.3) is 28.1 Å². The van der Waals surface area contributed by atoms with Crippen LogP contribution in [-0.4, -0.2) is 9.55 Å². The van der Waals surface area contributed by atoms with Crippen molar-refractivity contribution in [2.75, 3.05) is 14.7 Å². The van der Waals surface area contributed by atoms with Crippen molar-refractivity contribution < 1.29 is 25.8 Å². The van der Waals surface area contributed by atoms with Crippen LogP contribution in [0, 0.1) is 60.3 Å². The van der Waals surface area contributed by atoms with Crippen LogP contribution in [-0.2, 0) is 26.5 Å². The summed E-state index contributed by atoms with van der Waals surface area (Å²) in [6.07, 6.45) is 0. The molecule has 2 aliphatic rings. The van der Waals surface area contributed by atoms with Gasteiger partial charge >= 0.3 is 0 Å². The van der Waals surface area contributed by atoms with E-state index in [1.807, 2.05) is 18.2 Å². The number of hydrogen-bond donors (Lipinski definition) is 0. The van der Waals surface area contributed by atoms with Gasteiger partial charge in [0.15, 0.2) is 0 Å². The molecule has 0 aliphatic carbocycles. The number of rotatable bonds is 7. The van der Waals surface area contributed by atoms with Gasteiger partial charge in [0, 0.05) is 66.7 Å². The number of aryl methyl sites for hydroxylation is 6. The van der Waals surface area contributed by atoms with Crippen LogP contribution in [0.1, 0.15) is 58.4 Å². The van der Waals surface area contributed by atoms with Gasteiger partial charge in [-0.05, 0) is 117 Å². The molecule has 66 heavy (non-hydrogen) atoms. The number of para-hydroxylation sites is 6. The Morgan fingerprint density at radius 2 is 1.14 bits per heavy atom. The predicted octanol–water partition coefficient (Wildman–Crippen LogP) is 15.5. The fraction of sp³-hybridized carbons (Fsp3) is 0.153. The fourth-order valence-electron chi connectivity index (χ4n) is 10.6. The van der Waals surface area contributed by atoms with Crippen LogP contribution >= 0.6 is 0 Å². The Labute approximate surface area is 403 Å². The quantitative estimate of drug-likeness (QED) is 0.149. The second-order valence-corrected chi connectivity index (χ2v) is 18.2. The Balaban J connectivity index is 0.00000511. The van der Waals surface area contributed by atoms with Crippen molar-refractivity contribution in [1.29, 1.82) is 0 Å². The molecule has 6 nitrogen and oxygen atoms in total. The maximum absolute atomic E-state index is 7.05. The topological polar surface area (TPSA) is 36.8 Å². The van der Waals surface area contributed by atoms with Gasteiger partial charge in [0.1, 0.15) is 0 Å². The van der Waals surface area contributed by atoms with Crippen molar-refractivity contribution in [1.82, 2.24) is 9.55 Å². The van der Waals surface area contributed by atoms with Gasteiger partial charge in [-0.3, -0.25) is 4.98 Å². The van der Waals surface area contributed by atoms with E-state index in [9.17, 15) is 0 Å². The Kier molecular flexibility index (Phi) is 10.8. The Morgan fingerprint density at radius 1 is 0.545 bits per heavy atom. The van der Waals surface area contributed by atoms with E-state index in [0.29, 0.717) is 11.5 Å². The molecule has 0 radical (unpaired) electrons. The first-order valence-electron chi connectivity index (χ1n) is 22.4. The zero-order chi connectivity index (χ0) is 44.7. The van der Waals surface area contributed by atoms with E-state index in [2.05, 4.69) is 227 Å². The molecule has 9 aromatic rings. The second-order valence-electron chi connectivity index (χ2n) is 18.2. The Morgan fingerprint density at radius 3 is 1.83 bits per heavy atom. The molecule has 11 rings (SSSR count). The van der Waals surface area contributed by atoms with Crippen LogP contribution in [0.4, 0.5) is 39.8 Å². The first kappa shape index (κ1) is 43.0. The van der Waals surface area contributed by atoms with E-state index >= 15 is 0 Å². The molecule has 7 heteroatoms.